The van der Waals surface area contributed by atoms with Crippen LogP contribution < -0.4 is 4.57 Å². The first kappa shape index (κ1) is 12.9. The van der Waals surface area contributed by atoms with E-state index >= 15 is 0 Å². The van der Waals surface area contributed by atoms with Gasteiger partial charge in [0.25, 0.3) is 5.82 Å². The minimum absolute atomic E-state index is 0.162. The monoisotopic (exact) mass is 243 g/mol. The average Bonchev–Trinajstić information content (AvgIpc) is 2.49. The number of rotatable bonds is 4. The molecule has 0 amide bonds. The molecular formula is C9H12F5N2+. The number of H-pyrrole nitrogens is 1. The molecule has 92 valence electrons. The Morgan fingerprint density at radius 2 is 1.88 bits per heavy atom. The molecule has 0 bridgehead atoms. The molecule has 1 heterocycles. The van der Waals surface area contributed by atoms with Gasteiger partial charge in [0.15, 0.2) is 0 Å². The summed E-state index contributed by atoms with van der Waals surface area (Å²) in [6, 6.07) is 0. The maximum absolute atomic E-state index is 12.5. The van der Waals surface area contributed by atoms with Gasteiger partial charge in [-0.2, -0.15) is 22.0 Å². The van der Waals surface area contributed by atoms with Gasteiger partial charge < -0.3 is 0 Å². The van der Waals surface area contributed by atoms with Gasteiger partial charge in [-0.05, 0) is 6.42 Å². The molecule has 16 heavy (non-hydrogen) atoms. The van der Waals surface area contributed by atoms with Crippen LogP contribution in [0.1, 0.15) is 18.7 Å². The summed E-state index contributed by atoms with van der Waals surface area (Å²) in [5, 5.41) is 0. The lowest BCUT2D eigenvalue weighted by molar-refractivity contribution is -0.677. The Morgan fingerprint density at radius 3 is 2.31 bits per heavy atom. The lowest BCUT2D eigenvalue weighted by Crippen LogP contribution is -2.36. The third kappa shape index (κ3) is 2.93. The first-order valence-electron chi connectivity index (χ1n) is 4.70. The van der Waals surface area contributed by atoms with Gasteiger partial charge in [-0.15, -0.1) is 0 Å². The fraction of sp³-hybridized carbons (Fsp3) is 0.667. The SMILES string of the molecule is C[n+]1cc[nH]c1CCCC(F)(F)C(F)(F)F. The number of halogens is 5. The zero-order valence-electron chi connectivity index (χ0n) is 8.61. The summed E-state index contributed by atoms with van der Waals surface area (Å²) in [6.07, 6.45) is -3.44. The molecule has 7 heteroatoms. The second kappa shape index (κ2) is 4.39. The second-order valence-electron chi connectivity index (χ2n) is 3.57. The van der Waals surface area contributed by atoms with Gasteiger partial charge in [-0.3, -0.25) is 0 Å². The first-order valence-corrected chi connectivity index (χ1v) is 4.70. The second-order valence-corrected chi connectivity index (χ2v) is 3.57. The van der Waals surface area contributed by atoms with E-state index < -0.39 is 18.5 Å². The van der Waals surface area contributed by atoms with E-state index in [0.29, 0.717) is 5.82 Å². The molecule has 0 aliphatic carbocycles. The van der Waals surface area contributed by atoms with Crippen molar-refractivity contribution in [3.8, 4) is 0 Å². The molecular weight excluding hydrogens is 231 g/mol. The van der Waals surface area contributed by atoms with Crippen molar-refractivity contribution in [1.29, 1.82) is 0 Å². The molecule has 0 saturated heterocycles. The quantitative estimate of drug-likeness (QED) is 0.618. The Morgan fingerprint density at radius 1 is 1.25 bits per heavy atom. The van der Waals surface area contributed by atoms with E-state index in [1.807, 2.05) is 0 Å². The van der Waals surface area contributed by atoms with Crippen molar-refractivity contribution in [1.82, 2.24) is 4.98 Å². The summed E-state index contributed by atoms with van der Waals surface area (Å²) in [7, 11) is 1.69. The van der Waals surface area contributed by atoms with E-state index in [1.54, 1.807) is 24.0 Å². The molecule has 1 rings (SSSR count). The highest BCUT2D eigenvalue weighted by molar-refractivity contribution is 4.81. The van der Waals surface area contributed by atoms with Crippen LogP contribution in [0.25, 0.3) is 0 Å². The van der Waals surface area contributed by atoms with Crippen LogP contribution in [0.4, 0.5) is 22.0 Å². The van der Waals surface area contributed by atoms with Crippen LogP contribution in [0.3, 0.4) is 0 Å². The number of aryl methyl sites for hydroxylation is 2. The highest BCUT2D eigenvalue weighted by atomic mass is 19.4. The molecule has 0 spiro atoms. The molecule has 0 radical (unpaired) electrons. The smallest absolute Gasteiger partial charge is 0.248 e. The number of nitrogens with one attached hydrogen (secondary N) is 1. The standard InChI is InChI=1S/C9H11F5N2/c1-16-6-5-15-7(16)3-2-4-8(10,11)9(12,13)14/h5-6H,2-4H2,1H3/p+1. The van der Waals surface area contributed by atoms with Crippen LogP contribution in [0.2, 0.25) is 0 Å². The molecule has 0 fully saturated rings. The lowest BCUT2D eigenvalue weighted by atomic mass is 10.1. The van der Waals surface area contributed by atoms with Crippen molar-refractivity contribution >= 4 is 0 Å². The average molecular weight is 243 g/mol. The van der Waals surface area contributed by atoms with E-state index in [0.717, 1.165) is 0 Å². The third-order valence-electron chi connectivity index (χ3n) is 2.29. The summed E-state index contributed by atoms with van der Waals surface area (Å²) in [5.74, 6) is -3.98. The number of nitrogens with zero attached hydrogens (tertiary/aromatic N) is 1. The first-order chi connectivity index (χ1) is 7.24. The zero-order chi connectivity index (χ0) is 12.4. The minimum Gasteiger partial charge on any atom is -0.248 e. The largest absolute Gasteiger partial charge is 0.453 e. The van der Waals surface area contributed by atoms with Gasteiger partial charge in [0.05, 0.1) is 7.05 Å². The topological polar surface area (TPSA) is 19.7 Å². The molecule has 1 aromatic rings. The summed E-state index contributed by atoms with van der Waals surface area (Å²) in [4.78, 5) is 2.77. The van der Waals surface area contributed by atoms with Crippen molar-refractivity contribution in [2.24, 2.45) is 7.05 Å². The maximum Gasteiger partial charge on any atom is 0.453 e. The highest BCUT2D eigenvalue weighted by Crippen LogP contribution is 2.38. The van der Waals surface area contributed by atoms with Gasteiger partial charge in [-0.25, -0.2) is 9.55 Å². The van der Waals surface area contributed by atoms with Crippen molar-refractivity contribution < 1.29 is 26.5 Å². The van der Waals surface area contributed by atoms with Gasteiger partial charge >= 0.3 is 12.1 Å². The van der Waals surface area contributed by atoms with Crippen LogP contribution >= 0.6 is 0 Å². The number of aromatic amines is 1. The fourth-order valence-corrected chi connectivity index (χ4v) is 1.31. The predicted octanol–water partition coefficient (Wildman–Crippen LogP) is 2.36. The van der Waals surface area contributed by atoms with Crippen LogP contribution in [0, 0.1) is 0 Å². The van der Waals surface area contributed by atoms with Gasteiger partial charge in [0, 0.05) is 12.8 Å². The molecule has 0 aromatic carbocycles. The van der Waals surface area contributed by atoms with Crippen molar-refractivity contribution in [3.05, 3.63) is 18.2 Å². The van der Waals surface area contributed by atoms with Crippen LogP contribution in [0.15, 0.2) is 12.4 Å². The number of aromatic nitrogens is 2. The molecule has 1 N–H and O–H groups in total. The number of alkyl halides is 5. The van der Waals surface area contributed by atoms with E-state index in [1.165, 1.54) is 0 Å². The molecule has 1 aromatic heterocycles. The molecule has 0 aliphatic rings. The van der Waals surface area contributed by atoms with Gasteiger partial charge in [0.2, 0.25) is 0 Å². The Balaban J connectivity index is 2.45. The number of hydrogen-bond donors (Lipinski definition) is 1. The van der Waals surface area contributed by atoms with E-state index in [4.69, 9.17) is 0 Å². The number of imidazole rings is 1. The zero-order valence-corrected chi connectivity index (χ0v) is 8.61. The molecule has 0 aliphatic heterocycles. The van der Waals surface area contributed by atoms with Crippen molar-refractivity contribution in [2.45, 2.75) is 31.4 Å². The fourth-order valence-electron chi connectivity index (χ4n) is 1.31. The number of hydrogen-bond acceptors (Lipinski definition) is 0. The van der Waals surface area contributed by atoms with Crippen LogP contribution in [-0.4, -0.2) is 17.1 Å². The Hall–Kier alpha value is -1.14. The summed E-state index contributed by atoms with van der Waals surface area (Å²) in [5.41, 5.74) is 0. The maximum atomic E-state index is 12.5. The molecule has 0 atom stereocenters. The summed E-state index contributed by atoms with van der Waals surface area (Å²) >= 11 is 0. The molecule has 2 nitrogen and oxygen atoms in total. The Labute approximate surface area is 89.1 Å². The highest BCUT2D eigenvalue weighted by Gasteiger charge is 2.56. The van der Waals surface area contributed by atoms with Crippen molar-refractivity contribution in [2.75, 3.05) is 0 Å². The third-order valence-corrected chi connectivity index (χ3v) is 2.29. The Kier molecular flexibility index (Phi) is 3.54. The molecule has 0 unspecified atom stereocenters. The van der Waals surface area contributed by atoms with E-state index in [-0.39, 0.29) is 12.8 Å². The van der Waals surface area contributed by atoms with Crippen LogP contribution in [0.5, 0.6) is 0 Å². The Bertz CT molecular complexity index is 342. The van der Waals surface area contributed by atoms with Crippen molar-refractivity contribution in [3.63, 3.8) is 0 Å². The van der Waals surface area contributed by atoms with Gasteiger partial charge in [0.1, 0.15) is 12.4 Å². The van der Waals surface area contributed by atoms with Crippen LogP contribution in [-0.2, 0) is 13.5 Å². The minimum atomic E-state index is -5.45. The summed E-state index contributed by atoms with van der Waals surface area (Å²) < 4.78 is 62.1. The predicted molar refractivity (Wildman–Crippen MR) is 45.9 cm³/mol. The summed E-state index contributed by atoms with van der Waals surface area (Å²) in [6.45, 7) is 0. The van der Waals surface area contributed by atoms with E-state index in [9.17, 15) is 22.0 Å². The molecule has 0 saturated carbocycles. The van der Waals surface area contributed by atoms with E-state index in [2.05, 4.69) is 4.98 Å². The van der Waals surface area contributed by atoms with Gasteiger partial charge in [-0.1, -0.05) is 0 Å². The normalized spacial score (nSPS) is 13.1. The lowest BCUT2D eigenvalue weighted by Gasteiger charge is -2.18.